The van der Waals surface area contributed by atoms with Gasteiger partial charge in [-0.25, -0.2) is 9.97 Å². The van der Waals surface area contributed by atoms with Gasteiger partial charge < -0.3 is 19.4 Å². The molecule has 0 aliphatic heterocycles. The first-order valence-corrected chi connectivity index (χ1v) is 11.1. The topological polar surface area (TPSA) is 61.2 Å². The molecule has 0 fully saturated rings. The van der Waals surface area contributed by atoms with Crippen LogP contribution in [0.2, 0.25) is 0 Å². The average Bonchev–Trinajstić information content (AvgIpc) is 3.06. The normalized spacial score (nSPS) is 12.6. The van der Waals surface area contributed by atoms with Gasteiger partial charge in [0.1, 0.15) is 5.82 Å². The first-order chi connectivity index (χ1) is 14.9. The first kappa shape index (κ1) is 23.2. The van der Waals surface area contributed by atoms with Gasteiger partial charge in [-0.05, 0) is 55.5 Å². The van der Waals surface area contributed by atoms with Crippen LogP contribution in [-0.4, -0.2) is 48.5 Å². The summed E-state index contributed by atoms with van der Waals surface area (Å²) in [6, 6.07) is 6.80. The molecule has 0 unspecified atom stereocenters. The van der Waals surface area contributed by atoms with E-state index in [-0.39, 0.29) is 0 Å². The molecule has 0 saturated heterocycles. The Balaban J connectivity index is 2.12. The molecule has 0 aliphatic carbocycles. The van der Waals surface area contributed by atoms with Crippen molar-refractivity contribution in [1.82, 2.24) is 14.5 Å². The van der Waals surface area contributed by atoms with Crippen LogP contribution in [0.15, 0.2) is 24.4 Å². The third-order valence-electron chi connectivity index (χ3n) is 5.76. The Morgan fingerprint density at radius 2 is 1.84 bits per heavy atom. The number of rotatable bonds is 10. The molecule has 3 rings (SSSR count). The summed E-state index contributed by atoms with van der Waals surface area (Å²) in [6.45, 7) is 12.8. The van der Waals surface area contributed by atoms with Gasteiger partial charge in [0.2, 0.25) is 0 Å². The summed E-state index contributed by atoms with van der Waals surface area (Å²) >= 11 is 0. The molecule has 31 heavy (non-hydrogen) atoms. The van der Waals surface area contributed by atoms with E-state index in [1.54, 1.807) is 14.2 Å². The van der Waals surface area contributed by atoms with Crippen LogP contribution >= 0.6 is 0 Å². The summed E-state index contributed by atoms with van der Waals surface area (Å²) in [5.74, 6) is 1.22. The van der Waals surface area contributed by atoms with E-state index in [9.17, 15) is 0 Å². The van der Waals surface area contributed by atoms with Gasteiger partial charge in [-0.15, -0.1) is 0 Å². The first-order valence-electron chi connectivity index (χ1n) is 11.1. The Bertz CT molecular complexity index is 1030. The molecule has 0 bridgehead atoms. The van der Waals surface area contributed by atoms with Crippen LogP contribution in [0.25, 0.3) is 22.3 Å². The van der Waals surface area contributed by atoms with E-state index in [0.29, 0.717) is 31.7 Å². The van der Waals surface area contributed by atoms with E-state index < -0.39 is 0 Å². The van der Waals surface area contributed by atoms with Gasteiger partial charge in [-0.3, -0.25) is 0 Å². The lowest BCUT2D eigenvalue weighted by Gasteiger charge is -2.18. The second kappa shape index (κ2) is 10.2. The quantitative estimate of drug-likeness (QED) is 0.436. The van der Waals surface area contributed by atoms with Gasteiger partial charge in [-0.1, -0.05) is 20.8 Å². The number of aryl methyl sites for hydroxylation is 2. The van der Waals surface area contributed by atoms with Gasteiger partial charge in [0.25, 0.3) is 0 Å². The minimum Gasteiger partial charge on any atom is -0.383 e. The van der Waals surface area contributed by atoms with Crippen molar-refractivity contribution in [3.05, 3.63) is 41.2 Å². The van der Waals surface area contributed by atoms with E-state index in [2.05, 4.69) is 68.9 Å². The summed E-state index contributed by atoms with van der Waals surface area (Å²) in [4.78, 5) is 10.0. The van der Waals surface area contributed by atoms with Crippen LogP contribution in [0.1, 0.15) is 56.0 Å². The van der Waals surface area contributed by atoms with Gasteiger partial charge in [0.05, 0.1) is 36.0 Å². The molecule has 0 aliphatic rings. The van der Waals surface area contributed by atoms with Crippen molar-refractivity contribution >= 4 is 16.9 Å². The minimum atomic E-state index is 0.298. The number of pyridine rings is 2. The molecule has 6 nitrogen and oxygen atoms in total. The number of anilines is 1. The fraction of sp³-hybridized carbons (Fsp3) is 0.520. The SMILES string of the molecule is CC[C@H](COC)n1cc(C)c2nc(-c3ccc(C(C)C)nc3NCCOC)c(C)cc21. The van der Waals surface area contributed by atoms with Crippen molar-refractivity contribution < 1.29 is 9.47 Å². The second-order valence-electron chi connectivity index (χ2n) is 8.46. The Morgan fingerprint density at radius 1 is 1.06 bits per heavy atom. The highest BCUT2D eigenvalue weighted by molar-refractivity contribution is 5.86. The average molecular weight is 425 g/mol. The zero-order valence-corrected chi connectivity index (χ0v) is 20.0. The van der Waals surface area contributed by atoms with Crippen molar-refractivity contribution in [2.45, 2.75) is 53.0 Å². The predicted octanol–water partition coefficient (Wildman–Crippen LogP) is 5.49. The molecule has 0 spiro atoms. The number of fused-ring (bicyclic) bond motifs is 1. The fourth-order valence-electron chi connectivity index (χ4n) is 3.98. The molecule has 3 heterocycles. The highest BCUT2D eigenvalue weighted by atomic mass is 16.5. The third-order valence-corrected chi connectivity index (χ3v) is 5.76. The molecule has 0 saturated carbocycles. The summed E-state index contributed by atoms with van der Waals surface area (Å²) in [7, 11) is 3.47. The fourth-order valence-corrected chi connectivity index (χ4v) is 3.98. The Kier molecular flexibility index (Phi) is 7.68. The number of nitrogens with one attached hydrogen (secondary N) is 1. The van der Waals surface area contributed by atoms with Crippen LogP contribution < -0.4 is 5.32 Å². The number of aromatic nitrogens is 3. The van der Waals surface area contributed by atoms with Crippen LogP contribution in [0, 0.1) is 13.8 Å². The highest BCUT2D eigenvalue weighted by Crippen LogP contribution is 2.34. The molecule has 1 atom stereocenters. The second-order valence-corrected chi connectivity index (χ2v) is 8.46. The van der Waals surface area contributed by atoms with Crippen molar-refractivity contribution in [3.8, 4) is 11.3 Å². The summed E-state index contributed by atoms with van der Waals surface area (Å²) in [5.41, 5.74) is 7.55. The molecular weight excluding hydrogens is 388 g/mol. The molecule has 1 N–H and O–H groups in total. The lowest BCUT2D eigenvalue weighted by atomic mass is 10.0. The number of nitrogens with zero attached hydrogens (tertiary/aromatic N) is 3. The molecule has 3 aromatic rings. The van der Waals surface area contributed by atoms with Crippen molar-refractivity contribution in [2.75, 3.05) is 39.3 Å². The maximum Gasteiger partial charge on any atom is 0.135 e. The van der Waals surface area contributed by atoms with Gasteiger partial charge >= 0.3 is 0 Å². The van der Waals surface area contributed by atoms with Crippen molar-refractivity contribution in [2.24, 2.45) is 0 Å². The van der Waals surface area contributed by atoms with Crippen molar-refractivity contribution in [3.63, 3.8) is 0 Å². The third kappa shape index (κ3) is 4.91. The lowest BCUT2D eigenvalue weighted by molar-refractivity contribution is 0.155. The zero-order chi connectivity index (χ0) is 22.5. The standard InChI is InChI=1S/C25H36N4O2/c1-8-19(15-31-7)29-14-18(5)24-22(29)13-17(4)23(28-24)20-9-10-21(16(2)3)27-25(20)26-11-12-30-6/h9-10,13-14,16,19H,8,11-12,15H2,1-7H3,(H,26,27)/t19-/m1/s1. The number of hydrogen-bond acceptors (Lipinski definition) is 5. The zero-order valence-electron chi connectivity index (χ0n) is 20.0. The van der Waals surface area contributed by atoms with E-state index in [0.717, 1.165) is 45.8 Å². The smallest absolute Gasteiger partial charge is 0.135 e. The van der Waals surface area contributed by atoms with Gasteiger partial charge in [-0.2, -0.15) is 0 Å². The molecule has 0 radical (unpaired) electrons. The Morgan fingerprint density at radius 3 is 2.48 bits per heavy atom. The molecule has 0 aromatic carbocycles. The van der Waals surface area contributed by atoms with Crippen LogP contribution in [0.3, 0.4) is 0 Å². The maximum absolute atomic E-state index is 5.46. The van der Waals surface area contributed by atoms with E-state index in [1.807, 2.05) is 0 Å². The number of ether oxygens (including phenoxy) is 2. The van der Waals surface area contributed by atoms with Crippen LogP contribution in [0.5, 0.6) is 0 Å². The molecule has 3 aromatic heterocycles. The van der Waals surface area contributed by atoms with Crippen LogP contribution in [-0.2, 0) is 9.47 Å². The number of methoxy groups -OCH3 is 2. The lowest BCUT2D eigenvalue weighted by Crippen LogP contribution is -2.13. The molecule has 6 heteroatoms. The molecular formula is C25H36N4O2. The summed E-state index contributed by atoms with van der Waals surface area (Å²) < 4.78 is 13.0. The predicted molar refractivity (Wildman–Crippen MR) is 128 cm³/mol. The van der Waals surface area contributed by atoms with E-state index >= 15 is 0 Å². The van der Waals surface area contributed by atoms with E-state index in [4.69, 9.17) is 19.4 Å². The minimum absolute atomic E-state index is 0.298. The largest absolute Gasteiger partial charge is 0.383 e. The highest BCUT2D eigenvalue weighted by Gasteiger charge is 2.19. The van der Waals surface area contributed by atoms with Gasteiger partial charge in [0, 0.05) is 38.2 Å². The monoisotopic (exact) mass is 424 g/mol. The van der Waals surface area contributed by atoms with E-state index in [1.165, 1.54) is 5.56 Å². The van der Waals surface area contributed by atoms with Gasteiger partial charge in [0.15, 0.2) is 0 Å². The van der Waals surface area contributed by atoms with Crippen LogP contribution in [0.4, 0.5) is 5.82 Å². The Hall–Kier alpha value is -2.44. The maximum atomic E-state index is 5.46. The Labute approximate surface area is 186 Å². The molecule has 0 amide bonds. The summed E-state index contributed by atoms with van der Waals surface area (Å²) in [5, 5.41) is 3.45. The molecule has 168 valence electrons. The van der Waals surface area contributed by atoms with Crippen molar-refractivity contribution in [1.29, 1.82) is 0 Å². The summed E-state index contributed by atoms with van der Waals surface area (Å²) in [6.07, 6.45) is 3.21. The number of hydrogen-bond donors (Lipinski definition) is 1.